The van der Waals surface area contributed by atoms with Gasteiger partial charge in [-0.05, 0) is 48.9 Å². The van der Waals surface area contributed by atoms with Crippen molar-refractivity contribution in [2.45, 2.75) is 24.8 Å². The summed E-state index contributed by atoms with van der Waals surface area (Å²) < 4.78 is 0. The van der Waals surface area contributed by atoms with Crippen LogP contribution in [0, 0.1) is 11.3 Å². The molecule has 0 saturated carbocycles. The Kier molecular flexibility index (Phi) is 4.57. The highest BCUT2D eigenvalue weighted by atomic mass is 35.5. The van der Waals surface area contributed by atoms with Gasteiger partial charge in [-0.1, -0.05) is 11.6 Å². The normalized spacial score (nSPS) is 20.6. The number of rotatable bonds is 3. The van der Waals surface area contributed by atoms with Crippen LogP contribution in [0.25, 0.3) is 0 Å². The zero-order valence-corrected chi connectivity index (χ0v) is 16.2. The van der Waals surface area contributed by atoms with Crippen LogP contribution in [0.4, 0.5) is 10.5 Å². The molecular formula is C19H15ClN4O3S. The summed E-state index contributed by atoms with van der Waals surface area (Å²) in [5, 5.41) is 16.4. The number of nitrogens with zero attached hydrogens (tertiary/aromatic N) is 2. The summed E-state index contributed by atoms with van der Waals surface area (Å²) >= 11 is 7.54. The molecule has 0 bridgehead atoms. The van der Waals surface area contributed by atoms with E-state index in [2.05, 4.69) is 10.6 Å². The van der Waals surface area contributed by atoms with Crippen LogP contribution in [0.5, 0.6) is 0 Å². The number of thiophene rings is 1. The van der Waals surface area contributed by atoms with Crippen LogP contribution < -0.4 is 10.6 Å². The Labute approximate surface area is 169 Å². The van der Waals surface area contributed by atoms with Gasteiger partial charge in [-0.25, -0.2) is 4.79 Å². The first kappa shape index (κ1) is 18.5. The Morgan fingerprint density at radius 1 is 1.39 bits per heavy atom. The second-order valence-electron chi connectivity index (χ2n) is 6.69. The third kappa shape index (κ3) is 2.93. The van der Waals surface area contributed by atoms with E-state index in [1.54, 1.807) is 11.3 Å². The van der Waals surface area contributed by atoms with Crippen molar-refractivity contribution in [2.24, 2.45) is 0 Å². The number of nitrogens with one attached hydrogen (secondary N) is 2. The zero-order chi connectivity index (χ0) is 19.9. The van der Waals surface area contributed by atoms with Crippen LogP contribution in [0.1, 0.15) is 28.8 Å². The first-order valence-electron chi connectivity index (χ1n) is 8.65. The first-order valence-corrected chi connectivity index (χ1v) is 9.91. The average Bonchev–Trinajstić information content (AvgIpc) is 3.23. The molecule has 2 aromatic rings. The summed E-state index contributed by atoms with van der Waals surface area (Å²) in [5.74, 6) is -0.924. The topological polar surface area (TPSA) is 102 Å². The predicted molar refractivity (Wildman–Crippen MR) is 104 cm³/mol. The number of halogens is 1. The Morgan fingerprint density at radius 3 is 2.96 bits per heavy atom. The smallest absolute Gasteiger partial charge is 0.324 e. The van der Waals surface area contributed by atoms with Gasteiger partial charge in [-0.3, -0.25) is 14.5 Å². The van der Waals surface area contributed by atoms with Gasteiger partial charge in [0.05, 0.1) is 10.6 Å². The fourth-order valence-corrected chi connectivity index (χ4v) is 4.94. The molecule has 28 heavy (non-hydrogen) atoms. The Balaban J connectivity index is 1.51. The van der Waals surface area contributed by atoms with Crippen LogP contribution in [0.2, 0.25) is 5.02 Å². The molecule has 2 heterocycles. The molecule has 1 aromatic heterocycles. The highest BCUT2D eigenvalue weighted by Crippen LogP contribution is 2.42. The number of hydrogen-bond acceptors (Lipinski definition) is 5. The van der Waals surface area contributed by atoms with Crippen LogP contribution in [0.15, 0.2) is 29.6 Å². The maximum absolute atomic E-state index is 13.1. The summed E-state index contributed by atoms with van der Waals surface area (Å²) in [6.45, 7) is -0.399. The van der Waals surface area contributed by atoms with Crippen LogP contribution in [-0.2, 0) is 21.5 Å². The van der Waals surface area contributed by atoms with Crippen molar-refractivity contribution in [1.29, 1.82) is 5.26 Å². The summed E-state index contributed by atoms with van der Waals surface area (Å²) in [4.78, 5) is 40.0. The lowest BCUT2D eigenvalue weighted by Crippen LogP contribution is -2.46. The number of amides is 4. The molecule has 4 rings (SSSR count). The van der Waals surface area contributed by atoms with Gasteiger partial charge in [0, 0.05) is 16.1 Å². The van der Waals surface area contributed by atoms with E-state index in [0.29, 0.717) is 17.7 Å². The van der Waals surface area contributed by atoms with E-state index >= 15 is 0 Å². The maximum atomic E-state index is 13.1. The molecule has 1 saturated heterocycles. The molecule has 2 N–H and O–H groups in total. The van der Waals surface area contributed by atoms with Crippen LogP contribution in [0.3, 0.4) is 0 Å². The fourth-order valence-electron chi connectivity index (χ4n) is 3.71. The molecule has 1 unspecified atom stereocenters. The quantitative estimate of drug-likeness (QED) is 0.753. The van der Waals surface area contributed by atoms with Gasteiger partial charge >= 0.3 is 6.03 Å². The molecule has 1 fully saturated rings. The molecule has 9 heteroatoms. The number of carbonyl (C=O) groups is 3. The molecule has 142 valence electrons. The SMILES string of the molecule is N#Cc1ccc(NC(=O)CN2C(=O)NC3(CCCc4sccc43)C2=O)cc1Cl. The van der Waals surface area contributed by atoms with Crippen molar-refractivity contribution in [3.05, 3.63) is 50.7 Å². The Bertz CT molecular complexity index is 1040. The van der Waals surface area contributed by atoms with Gasteiger partial charge in [-0.2, -0.15) is 5.26 Å². The number of nitriles is 1. The monoisotopic (exact) mass is 414 g/mol. The second kappa shape index (κ2) is 6.93. The minimum Gasteiger partial charge on any atom is -0.324 e. The van der Waals surface area contributed by atoms with Gasteiger partial charge in [0.1, 0.15) is 18.2 Å². The maximum Gasteiger partial charge on any atom is 0.325 e. The van der Waals surface area contributed by atoms with E-state index in [0.717, 1.165) is 28.2 Å². The summed E-state index contributed by atoms with van der Waals surface area (Å²) in [7, 11) is 0. The van der Waals surface area contributed by atoms with Gasteiger partial charge in [-0.15, -0.1) is 11.3 Å². The molecule has 7 nitrogen and oxygen atoms in total. The van der Waals surface area contributed by atoms with Gasteiger partial charge < -0.3 is 10.6 Å². The molecule has 1 aromatic carbocycles. The number of imide groups is 1. The van der Waals surface area contributed by atoms with Crippen molar-refractivity contribution < 1.29 is 14.4 Å². The second-order valence-corrected chi connectivity index (χ2v) is 8.10. The molecule has 2 aliphatic rings. The van der Waals surface area contributed by atoms with E-state index in [9.17, 15) is 14.4 Å². The summed E-state index contributed by atoms with van der Waals surface area (Å²) in [5.41, 5.74) is 0.444. The van der Waals surface area contributed by atoms with Crippen molar-refractivity contribution >= 4 is 46.5 Å². The van der Waals surface area contributed by atoms with E-state index < -0.39 is 29.9 Å². The van der Waals surface area contributed by atoms with E-state index in [1.807, 2.05) is 17.5 Å². The number of benzene rings is 1. The lowest BCUT2D eigenvalue weighted by Gasteiger charge is -2.31. The third-order valence-electron chi connectivity index (χ3n) is 5.01. The molecule has 1 atom stereocenters. The third-order valence-corrected chi connectivity index (χ3v) is 6.30. The van der Waals surface area contributed by atoms with Crippen molar-refractivity contribution in [2.75, 3.05) is 11.9 Å². The number of hydrogen-bond donors (Lipinski definition) is 2. The van der Waals surface area contributed by atoms with Crippen molar-refractivity contribution in [3.63, 3.8) is 0 Å². The summed E-state index contributed by atoms with van der Waals surface area (Å²) in [6, 6.07) is 7.71. The molecule has 4 amide bonds. The molecule has 1 spiro atoms. The highest BCUT2D eigenvalue weighted by molar-refractivity contribution is 7.10. The zero-order valence-electron chi connectivity index (χ0n) is 14.6. The molecule has 1 aliphatic carbocycles. The molecule has 0 radical (unpaired) electrons. The minimum absolute atomic E-state index is 0.210. The van der Waals surface area contributed by atoms with Gasteiger partial charge in [0.15, 0.2) is 0 Å². The van der Waals surface area contributed by atoms with Gasteiger partial charge in [0.2, 0.25) is 5.91 Å². The molecule has 1 aliphatic heterocycles. The number of carbonyl (C=O) groups excluding carboxylic acids is 3. The van der Waals surface area contributed by atoms with Crippen LogP contribution >= 0.6 is 22.9 Å². The first-order chi connectivity index (χ1) is 13.4. The van der Waals surface area contributed by atoms with Gasteiger partial charge in [0.25, 0.3) is 5.91 Å². The van der Waals surface area contributed by atoms with Crippen LogP contribution in [-0.4, -0.2) is 29.3 Å². The van der Waals surface area contributed by atoms with Crippen molar-refractivity contribution in [1.82, 2.24) is 10.2 Å². The van der Waals surface area contributed by atoms with Crippen molar-refractivity contribution in [3.8, 4) is 6.07 Å². The number of anilines is 1. The Morgan fingerprint density at radius 2 is 2.21 bits per heavy atom. The Hall–Kier alpha value is -2.89. The van der Waals surface area contributed by atoms with E-state index in [-0.39, 0.29) is 5.02 Å². The molecular weight excluding hydrogens is 400 g/mol. The largest absolute Gasteiger partial charge is 0.325 e. The standard InChI is InChI=1S/C19H15ClN4O3S/c20-14-8-12(4-3-11(14)9-21)22-16(25)10-24-17(26)19(23-18(24)27)6-1-2-15-13(19)5-7-28-15/h3-5,7-8H,1-2,6,10H2,(H,22,25)(H,23,27). The minimum atomic E-state index is -1.07. The fraction of sp³-hybridized carbons (Fsp3) is 0.263. The lowest BCUT2D eigenvalue weighted by molar-refractivity contribution is -0.134. The average molecular weight is 415 g/mol. The number of aryl methyl sites for hydroxylation is 1. The predicted octanol–water partition coefficient (Wildman–Crippen LogP) is 3.00. The number of fused-ring (bicyclic) bond motifs is 2. The summed E-state index contributed by atoms with van der Waals surface area (Å²) in [6.07, 6.45) is 2.20. The highest BCUT2D eigenvalue weighted by Gasteiger charge is 2.54. The van der Waals surface area contributed by atoms with E-state index in [1.165, 1.54) is 18.2 Å². The lowest BCUT2D eigenvalue weighted by atomic mass is 9.80. The number of urea groups is 1. The van der Waals surface area contributed by atoms with E-state index in [4.69, 9.17) is 16.9 Å².